The van der Waals surface area contributed by atoms with Gasteiger partial charge in [-0.1, -0.05) is 29.8 Å². The highest BCUT2D eigenvalue weighted by Crippen LogP contribution is 2.35. The first-order valence-electron chi connectivity index (χ1n) is 6.02. The highest BCUT2D eigenvalue weighted by molar-refractivity contribution is 6.31. The van der Waals surface area contributed by atoms with Crippen molar-refractivity contribution in [2.45, 2.75) is 6.42 Å². The quantitative estimate of drug-likeness (QED) is 0.791. The van der Waals surface area contributed by atoms with Gasteiger partial charge in [-0.2, -0.15) is 5.26 Å². The van der Waals surface area contributed by atoms with Crippen molar-refractivity contribution in [3.05, 3.63) is 41.8 Å². The molecular weight excluding hydrogens is 276 g/mol. The van der Waals surface area contributed by atoms with Gasteiger partial charge in [-0.3, -0.25) is 0 Å². The molecule has 2 aromatic rings. The molecule has 0 atom stereocenters. The zero-order valence-corrected chi connectivity index (χ0v) is 11.7. The predicted molar refractivity (Wildman–Crippen MR) is 77.3 cm³/mol. The maximum atomic E-state index is 8.82. The lowest BCUT2D eigenvalue weighted by atomic mass is 10.2. The number of hydrogen-bond acceptors (Lipinski definition) is 5. The van der Waals surface area contributed by atoms with Gasteiger partial charge in [0.2, 0.25) is 0 Å². The number of anilines is 2. The first kappa shape index (κ1) is 14.1. The predicted octanol–water partition coefficient (Wildman–Crippen LogP) is 3.19. The van der Waals surface area contributed by atoms with Crippen molar-refractivity contribution in [2.75, 3.05) is 18.6 Å². The summed E-state index contributed by atoms with van der Waals surface area (Å²) in [6, 6.07) is 11.8. The Hall–Kier alpha value is -2.32. The standard InChI is InChI=1S/C14H13ClN4O/c1-20-12-13(15)17-10-18-14(12)19(9-5-8-16)11-6-3-2-4-7-11/h2-4,6-7,10H,5,9H2,1H3. The van der Waals surface area contributed by atoms with Crippen LogP contribution in [0.15, 0.2) is 36.7 Å². The molecule has 0 saturated carbocycles. The molecule has 1 aromatic heterocycles. The molecule has 102 valence electrons. The molecule has 0 spiro atoms. The third-order valence-electron chi connectivity index (χ3n) is 2.72. The molecule has 0 aliphatic heterocycles. The van der Waals surface area contributed by atoms with E-state index in [0.717, 1.165) is 5.69 Å². The summed E-state index contributed by atoms with van der Waals surface area (Å²) in [5.41, 5.74) is 0.913. The maximum Gasteiger partial charge on any atom is 0.199 e. The van der Waals surface area contributed by atoms with Crippen LogP contribution in [0.25, 0.3) is 0 Å². The molecule has 0 aliphatic rings. The lowest BCUT2D eigenvalue weighted by molar-refractivity contribution is 0.411. The first-order valence-corrected chi connectivity index (χ1v) is 6.39. The number of para-hydroxylation sites is 1. The van der Waals surface area contributed by atoms with Crippen LogP contribution in [0.5, 0.6) is 5.75 Å². The number of benzene rings is 1. The van der Waals surface area contributed by atoms with E-state index in [1.165, 1.54) is 13.4 Å². The molecule has 2 rings (SSSR count). The van der Waals surface area contributed by atoms with Gasteiger partial charge in [0.15, 0.2) is 16.7 Å². The number of hydrogen-bond donors (Lipinski definition) is 0. The number of nitriles is 1. The Morgan fingerprint density at radius 3 is 2.70 bits per heavy atom. The largest absolute Gasteiger partial charge is 0.490 e. The second-order valence-corrected chi connectivity index (χ2v) is 4.27. The third-order valence-corrected chi connectivity index (χ3v) is 2.99. The Morgan fingerprint density at radius 2 is 2.05 bits per heavy atom. The van der Waals surface area contributed by atoms with Crippen LogP contribution in [0, 0.1) is 11.3 Å². The number of halogens is 1. The normalized spacial score (nSPS) is 9.85. The van der Waals surface area contributed by atoms with Gasteiger partial charge >= 0.3 is 0 Å². The van der Waals surface area contributed by atoms with Crippen LogP contribution < -0.4 is 9.64 Å². The fraction of sp³-hybridized carbons (Fsp3) is 0.214. The Labute approximate surface area is 122 Å². The van der Waals surface area contributed by atoms with E-state index < -0.39 is 0 Å². The second kappa shape index (κ2) is 6.73. The lowest BCUT2D eigenvalue weighted by Gasteiger charge is -2.24. The highest BCUT2D eigenvalue weighted by atomic mass is 35.5. The van der Waals surface area contributed by atoms with Crippen LogP contribution in [0.1, 0.15) is 6.42 Å². The van der Waals surface area contributed by atoms with Gasteiger partial charge in [0.1, 0.15) is 6.33 Å². The van der Waals surface area contributed by atoms with Gasteiger partial charge in [-0.05, 0) is 12.1 Å². The first-order chi connectivity index (χ1) is 9.77. The molecule has 0 radical (unpaired) electrons. The van der Waals surface area contributed by atoms with E-state index in [1.54, 1.807) is 0 Å². The summed E-state index contributed by atoms with van der Waals surface area (Å²) in [6.45, 7) is 0.490. The van der Waals surface area contributed by atoms with Gasteiger partial charge in [0, 0.05) is 12.2 Å². The van der Waals surface area contributed by atoms with E-state index in [1.807, 2.05) is 35.2 Å². The van der Waals surface area contributed by atoms with Crippen molar-refractivity contribution in [1.82, 2.24) is 9.97 Å². The SMILES string of the molecule is COc1c(Cl)ncnc1N(CCC#N)c1ccccc1. The smallest absolute Gasteiger partial charge is 0.199 e. The minimum Gasteiger partial charge on any atom is -0.490 e. The summed E-state index contributed by atoms with van der Waals surface area (Å²) in [4.78, 5) is 10.0. The van der Waals surface area contributed by atoms with Crippen LogP contribution in [0.2, 0.25) is 5.15 Å². The average Bonchev–Trinajstić information content (AvgIpc) is 2.49. The summed E-state index contributed by atoms with van der Waals surface area (Å²) in [5, 5.41) is 9.07. The Morgan fingerprint density at radius 1 is 1.30 bits per heavy atom. The Kier molecular flexibility index (Phi) is 4.75. The molecule has 0 N–H and O–H groups in total. The van der Waals surface area contributed by atoms with Gasteiger partial charge in [-0.15, -0.1) is 0 Å². The Balaban J connectivity index is 2.47. The molecule has 0 amide bonds. The van der Waals surface area contributed by atoms with Gasteiger partial charge in [-0.25, -0.2) is 9.97 Å². The molecule has 20 heavy (non-hydrogen) atoms. The van der Waals surface area contributed by atoms with Crippen molar-refractivity contribution in [1.29, 1.82) is 5.26 Å². The number of methoxy groups -OCH3 is 1. The van der Waals surface area contributed by atoms with E-state index in [2.05, 4.69) is 16.0 Å². The van der Waals surface area contributed by atoms with E-state index >= 15 is 0 Å². The maximum absolute atomic E-state index is 8.82. The fourth-order valence-electron chi connectivity index (χ4n) is 1.84. The van der Waals surface area contributed by atoms with Crippen molar-refractivity contribution in [3.8, 4) is 11.8 Å². The number of rotatable bonds is 5. The zero-order valence-electron chi connectivity index (χ0n) is 11.0. The van der Waals surface area contributed by atoms with Crippen LogP contribution in [-0.2, 0) is 0 Å². The molecular formula is C14H13ClN4O. The second-order valence-electron chi connectivity index (χ2n) is 3.92. The van der Waals surface area contributed by atoms with Crippen LogP contribution >= 0.6 is 11.6 Å². The molecule has 1 aromatic carbocycles. The topological polar surface area (TPSA) is 62.0 Å². The van der Waals surface area contributed by atoms with Crippen molar-refractivity contribution in [3.63, 3.8) is 0 Å². The molecule has 0 saturated heterocycles. The fourth-order valence-corrected chi connectivity index (χ4v) is 2.04. The van der Waals surface area contributed by atoms with Gasteiger partial charge in [0.25, 0.3) is 0 Å². The summed E-state index contributed by atoms with van der Waals surface area (Å²) in [5.74, 6) is 0.949. The molecule has 0 unspecified atom stereocenters. The van der Waals surface area contributed by atoms with Crippen LogP contribution in [0.3, 0.4) is 0 Å². The van der Waals surface area contributed by atoms with Crippen LogP contribution in [-0.4, -0.2) is 23.6 Å². The number of aromatic nitrogens is 2. The van der Waals surface area contributed by atoms with E-state index in [-0.39, 0.29) is 5.15 Å². The highest BCUT2D eigenvalue weighted by Gasteiger charge is 2.18. The monoisotopic (exact) mass is 288 g/mol. The van der Waals surface area contributed by atoms with E-state index in [4.69, 9.17) is 21.6 Å². The summed E-state index contributed by atoms with van der Waals surface area (Å²) in [6.07, 6.45) is 1.74. The zero-order chi connectivity index (χ0) is 14.4. The van der Waals surface area contributed by atoms with E-state index in [0.29, 0.717) is 24.5 Å². The average molecular weight is 289 g/mol. The molecule has 0 fully saturated rings. The molecule has 0 bridgehead atoms. The number of ether oxygens (including phenoxy) is 1. The number of nitrogens with zero attached hydrogens (tertiary/aromatic N) is 4. The molecule has 0 aliphatic carbocycles. The summed E-state index contributed by atoms with van der Waals surface area (Å²) in [7, 11) is 1.52. The Bertz CT molecular complexity index is 612. The summed E-state index contributed by atoms with van der Waals surface area (Å²) < 4.78 is 5.28. The minimum absolute atomic E-state index is 0.246. The molecule has 5 nitrogen and oxygen atoms in total. The van der Waals surface area contributed by atoms with Crippen molar-refractivity contribution >= 4 is 23.1 Å². The van der Waals surface area contributed by atoms with Crippen LogP contribution in [0.4, 0.5) is 11.5 Å². The lowest BCUT2D eigenvalue weighted by Crippen LogP contribution is -2.20. The van der Waals surface area contributed by atoms with Gasteiger partial charge < -0.3 is 9.64 Å². The van der Waals surface area contributed by atoms with E-state index in [9.17, 15) is 0 Å². The van der Waals surface area contributed by atoms with Crippen molar-refractivity contribution < 1.29 is 4.74 Å². The summed E-state index contributed by atoms with van der Waals surface area (Å²) >= 11 is 6.03. The van der Waals surface area contributed by atoms with Gasteiger partial charge in [0.05, 0.1) is 19.6 Å². The molecule has 6 heteroatoms. The minimum atomic E-state index is 0.246. The molecule has 1 heterocycles. The van der Waals surface area contributed by atoms with Crippen molar-refractivity contribution in [2.24, 2.45) is 0 Å². The third kappa shape index (κ3) is 2.98.